The Balaban J connectivity index is 2.71. The van der Waals surface area contributed by atoms with Crippen molar-refractivity contribution in [1.29, 1.82) is 0 Å². The number of carbonyl (C=O) groups excluding carboxylic acids is 1. The molecule has 0 aromatic heterocycles. The van der Waals surface area contributed by atoms with E-state index in [1.165, 1.54) is 7.11 Å². The summed E-state index contributed by atoms with van der Waals surface area (Å²) >= 11 is 5.87. The number of nitrogens with one attached hydrogen (secondary N) is 1. The second-order valence-corrected chi connectivity index (χ2v) is 3.10. The Morgan fingerprint density at radius 1 is 1.53 bits per heavy atom. The second-order valence-electron chi connectivity index (χ2n) is 2.69. The van der Waals surface area contributed by atoms with Gasteiger partial charge >= 0.3 is 6.09 Å². The molecule has 0 saturated carbocycles. The Hall–Kier alpha value is -1.42. The van der Waals surface area contributed by atoms with Crippen LogP contribution in [0.15, 0.2) is 18.2 Å². The molecule has 0 aliphatic carbocycles. The molecule has 1 aromatic rings. The van der Waals surface area contributed by atoms with Crippen LogP contribution in [0.1, 0.15) is 6.92 Å². The first-order valence-electron chi connectivity index (χ1n) is 4.44. The van der Waals surface area contributed by atoms with Gasteiger partial charge in [0.05, 0.1) is 18.7 Å². The molecule has 0 fully saturated rings. The first-order chi connectivity index (χ1) is 7.17. The summed E-state index contributed by atoms with van der Waals surface area (Å²) in [6.07, 6.45) is -0.501. The van der Waals surface area contributed by atoms with Gasteiger partial charge in [0.2, 0.25) is 0 Å². The van der Waals surface area contributed by atoms with Crippen LogP contribution < -0.4 is 10.1 Å². The van der Waals surface area contributed by atoms with Gasteiger partial charge in [0, 0.05) is 5.69 Å². The van der Waals surface area contributed by atoms with Crippen LogP contribution in [0.4, 0.5) is 10.5 Å². The Labute approximate surface area is 93.1 Å². The summed E-state index contributed by atoms with van der Waals surface area (Å²) in [4.78, 5) is 11.1. The van der Waals surface area contributed by atoms with Gasteiger partial charge in [-0.2, -0.15) is 0 Å². The van der Waals surface area contributed by atoms with Crippen molar-refractivity contribution < 1.29 is 14.3 Å². The normalized spacial score (nSPS) is 9.53. The number of hydrogen-bond donors (Lipinski definition) is 1. The van der Waals surface area contributed by atoms with Crippen LogP contribution in [0.3, 0.4) is 0 Å². The van der Waals surface area contributed by atoms with Gasteiger partial charge in [0.25, 0.3) is 0 Å². The first-order valence-corrected chi connectivity index (χ1v) is 4.82. The molecular weight excluding hydrogens is 218 g/mol. The SMILES string of the molecule is CCOC(=O)Nc1ccc(OC)c(Cl)c1. The van der Waals surface area contributed by atoms with Gasteiger partial charge in [-0.05, 0) is 25.1 Å². The molecule has 0 heterocycles. The number of anilines is 1. The molecule has 82 valence electrons. The van der Waals surface area contributed by atoms with E-state index in [1.807, 2.05) is 0 Å². The minimum atomic E-state index is -0.501. The van der Waals surface area contributed by atoms with Gasteiger partial charge in [0.15, 0.2) is 0 Å². The van der Waals surface area contributed by atoms with E-state index in [-0.39, 0.29) is 0 Å². The van der Waals surface area contributed by atoms with Crippen LogP contribution in [0.5, 0.6) is 5.75 Å². The summed E-state index contributed by atoms with van der Waals surface area (Å²) < 4.78 is 9.69. The molecule has 1 aromatic carbocycles. The summed E-state index contributed by atoms with van der Waals surface area (Å²) in [5, 5.41) is 2.97. The molecule has 1 rings (SSSR count). The molecule has 4 nitrogen and oxygen atoms in total. The summed E-state index contributed by atoms with van der Waals surface area (Å²) in [5.41, 5.74) is 0.569. The van der Waals surface area contributed by atoms with E-state index >= 15 is 0 Å². The zero-order valence-corrected chi connectivity index (χ0v) is 9.30. The standard InChI is InChI=1S/C10H12ClNO3/c1-3-15-10(13)12-7-4-5-9(14-2)8(11)6-7/h4-6H,3H2,1-2H3,(H,12,13). The molecule has 0 radical (unpaired) electrons. The number of halogens is 1. The van der Waals surface area contributed by atoms with E-state index < -0.39 is 6.09 Å². The van der Waals surface area contributed by atoms with Crippen molar-refractivity contribution >= 4 is 23.4 Å². The lowest BCUT2D eigenvalue weighted by atomic mass is 10.3. The number of methoxy groups -OCH3 is 1. The largest absolute Gasteiger partial charge is 0.495 e. The molecule has 0 bridgehead atoms. The fourth-order valence-corrected chi connectivity index (χ4v) is 1.29. The minimum Gasteiger partial charge on any atom is -0.495 e. The molecule has 0 atom stereocenters. The highest BCUT2D eigenvalue weighted by molar-refractivity contribution is 6.32. The van der Waals surface area contributed by atoms with Crippen LogP contribution in [-0.4, -0.2) is 19.8 Å². The van der Waals surface area contributed by atoms with Crippen molar-refractivity contribution in [1.82, 2.24) is 0 Å². The maximum Gasteiger partial charge on any atom is 0.411 e. The summed E-state index contributed by atoms with van der Waals surface area (Å²) in [5.74, 6) is 0.561. The number of rotatable bonds is 3. The smallest absolute Gasteiger partial charge is 0.411 e. The van der Waals surface area contributed by atoms with Gasteiger partial charge in [-0.3, -0.25) is 5.32 Å². The fraction of sp³-hybridized carbons (Fsp3) is 0.300. The highest BCUT2D eigenvalue weighted by Crippen LogP contribution is 2.27. The lowest BCUT2D eigenvalue weighted by molar-refractivity contribution is 0.168. The predicted octanol–water partition coefficient (Wildman–Crippen LogP) is 2.92. The molecule has 1 N–H and O–H groups in total. The zero-order valence-electron chi connectivity index (χ0n) is 8.54. The first kappa shape index (κ1) is 11.7. The lowest BCUT2D eigenvalue weighted by Gasteiger charge is -2.07. The maximum atomic E-state index is 11.1. The van der Waals surface area contributed by atoms with E-state index in [1.54, 1.807) is 25.1 Å². The summed E-state index contributed by atoms with van der Waals surface area (Å²) in [6, 6.07) is 4.95. The predicted molar refractivity (Wildman–Crippen MR) is 58.6 cm³/mol. The van der Waals surface area contributed by atoms with E-state index in [0.717, 1.165) is 0 Å². The molecule has 1 amide bonds. The van der Waals surface area contributed by atoms with Gasteiger partial charge in [0.1, 0.15) is 5.75 Å². The van der Waals surface area contributed by atoms with Crippen molar-refractivity contribution in [2.45, 2.75) is 6.92 Å². The highest BCUT2D eigenvalue weighted by Gasteiger charge is 2.05. The number of hydrogen-bond acceptors (Lipinski definition) is 3. The minimum absolute atomic E-state index is 0.329. The maximum absolute atomic E-state index is 11.1. The van der Waals surface area contributed by atoms with Gasteiger partial charge in [-0.25, -0.2) is 4.79 Å². The summed E-state index contributed by atoms with van der Waals surface area (Å²) in [6.45, 7) is 2.07. The van der Waals surface area contributed by atoms with Gasteiger partial charge in [-0.15, -0.1) is 0 Å². The molecule has 15 heavy (non-hydrogen) atoms. The zero-order chi connectivity index (χ0) is 11.3. The molecule has 0 saturated heterocycles. The van der Waals surface area contributed by atoms with Crippen LogP contribution in [0, 0.1) is 0 Å². The molecule has 0 unspecified atom stereocenters. The molecule has 5 heteroatoms. The third-order valence-electron chi connectivity index (χ3n) is 1.67. The van der Waals surface area contributed by atoms with Crippen molar-refractivity contribution in [2.24, 2.45) is 0 Å². The number of benzene rings is 1. The highest BCUT2D eigenvalue weighted by atomic mass is 35.5. The van der Waals surface area contributed by atoms with Gasteiger partial charge in [-0.1, -0.05) is 11.6 Å². The van der Waals surface area contributed by atoms with Crippen molar-refractivity contribution in [3.05, 3.63) is 23.2 Å². The Kier molecular flexibility index (Phi) is 4.24. The number of amides is 1. The monoisotopic (exact) mass is 229 g/mol. The molecule has 0 spiro atoms. The summed E-state index contributed by atoms with van der Waals surface area (Å²) in [7, 11) is 1.53. The average molecular weight is 230 g/mol. The van der Waals surface area contributed by atoms with Crippen molar-refractivity contribution in [3.8, 4) is 5.75 Å². The van der Waals surface area contributed by atoms with Gasteiger partial charge < -0.3 is 9.47 Å². The Morgan fingerprint density at radius 2 is 2.27 bits per heavy atom. The van der Waals surface area contributed by atoms with Crippen LogP contribution in [0.25, 0.3) is 0 Å². The lowest BCUT2D eigenvalue weighted by Crippen LogP contribution is -2.13. The van der Waals surface area contributed by atoms with Crippen molar-refractivity contribution in [3.63, 3.8) is 0 Å². The second kappa shape index (κ2) is 5.46. The average Bonchev–Trinajstić information content (AvgIpc) is 2.18. The third kappa shape index (κ3) is 3.32. The molecule has 0 aliphatic heterocycles. The Bertz CT molecular complexity index is 355. The number of ether oxygens (including phenoxy) is 2. The fourth-order valence-electron chi connectivity index (χ4n) is 1.03. The van der Waals surface area contributed by atoms with E-state index in [2.05, 4.69) is 5.32 Å². The molecular formula is C10H12ClNO3. The van der Waals surface area contributed by atoms with Crippen LogP contribution in [0.2, 0.25) is 5.02 Å². The van der Waals surface area contributed by atoms with Crippen LogP contribution >= 0.6 is 11.6 Å². The quantitative estimate of drug-likeness (QED) is 0.867. The van der Waals surface area contributed by atoms with E-state index in [9.17, 15) is 4.79 Å². The Morgan fingerprint density at radius 3 is 2.80 bits per heavy atom. The van der Waals surface area contributed by atoms with E-state index in [0.29, 0.717) is 23.1 Å². The van der Waals surface area contributed by atoms with E-state index in [4.69, 9.17) is 21.1 Å². The third-order valence-corrected chi connectivity index (χ3v) is 1.97. The number of carbonyl (C=O) groups is 1. The van der Waals surface area contributed by atoms with Crippen molar-refractivity contribution in [2.75, 3.05) is 19.0 Å². The topological polar surface area (TPSA) is 47.6 Å². The molecule has 0 aliphatic rings. The van der Waals surface area contributed by atoms with Crippen LogP contribution in [-0.2, 0) is 4.74 Å².